The maximum atomic E-state index is 12.3. The Labute approximate surface area is 133 Å². The lowest BCUT2D eigenvalue weighted by atomic mass is 10.1. The normalized spacial score (nSPS) is 16.7. The van der Waals surface area contributed by atoms with E-state index >= 15 is 0 Å². The molecule has 1 heterocycles. The third-order valence-electron chi connectivity index (χ3n) is 3.56. The van der Waals surface area contributed by atoms with Crippen LogP contribution in [0.4, 0.5) is 5.69 Å². The van der Waals surface area contributed by atoms with Crippen LogP contribution in [0.2, 0.25) is 0 Å². The molecule has 1 aliphatic heterocycles. The van der Waals surface area contributed by atoms with E-state index in [4.69, 9.17) is 0 Å². The van der Waals surface area contributed by atoms with Crippen LogP contribution in [-0.2, 0) is 4.79 Å². The number of ketones is 1. The van der Waals surface area contributed by atoms with Crippen LogP contribution in [0.1, 0.15) is 17.3 Å². The van der Waals surface area contributed by atoms with Gasteiger partial charge in [-0.3, -0.25) is 14.5 Å². The highest BCUT2D eigenvalue weighted by atomic mass is 79.9. The molecule has 0 aliphatic carbocycles. The molecule has 2 rings (SSSR count). The number of likely N-dealkylation sites (N-methyl/N-ethyl adjacent to an activating group) is 1. The molecule has 0 radical (unpaired) electrons. The maximum Gasteiger partial charge on any atom is 0.221 e. The van der Waals surface area contributed by atoms with Crippen LogP contribution in [0.15, 0.2) is 22.7 Å². The van der Waals surface area contributed by atoms with E-state index in [1.165, 1.54) is 6.92 Å². The monoisotopic (exact) mass is 353 g/mol. The summed E-state index contributed by atoms with van der Waals surface area (Å²) < 4.78 is 0.724. The van der Waals surface area contributed by atoms with Crippen molar-refractivity contribution in [3.8, 4) is 0 Å². The largest absolute Gasteiger partial charge is 0.325 e. The van der Waals surface area contributed by atoms with Crippen LogP contribution in [0.5, 0.6) is 0 Å². The van der Waals surface area contributed by atoms with Gasteiger partial charge in [0.2, 0.25) is 5.91 Å². The van der Waals surface area contributed by atoms with Crippen LogP contribution in [-0.4, -0.2) is 61.3 Å². The number of Topliss-reactive ketones (excluding diaryl/α,β-unsaturated/α-hetero) is 1. The number of hydrogen-bond acceptors (Lipinski definition) is 4. The Bertz CT molecular complexity index is 540. The Balaban J connectivity index is 1.99. The highest BCUT2D eigenvalue weighted by Gasteiger charge is 2.18. The number of carbonyl (C=O) groups is 2. The van der Waals surface area contributed by atoms with E-state index in [9.17, 15) is 9.59 Å². The van der Waals surface area contributed by atoms with Gasteiger partial charge in [0.1, 0.15) is 0 Å². The minimum Gasteiger partial charge on any atom is -0.325 e. The molecule has 0 bridgehead atoms. The van der Waals surface area contributed by atoms with Crippen molar-refractivity contribution in [1.82, 2.24) is 9.80 Å². The number of nitrogens with one attached hydrogen (secondary N) is 1. The second-order valence-corrected chi connectivity index (χ2v) is 6.23. The molecule has 6 heteroatoms. The minimum absolute atomic E-state index is 0.106. The van der Waals surface area contributed by atoms with Crippen molar-refractivity contribution < 1.29 is 9.59 Å². The second kappa shape index (κ2) is 7.15. The highest BCUT2D eigenvalue weighted by Crippen LogP contribution is 2.24. The van der Waals surface area contributed by atoms with Crippen molar-refractivity contribution >= 4 is 33.3 Å². The average Bonchev–Trinajstić information content (AvgIpc) is 2.43. The predicted octanol–water partition coefficient (Wildman–Crippen LogP) is 1.84. The van der Waals surface area contributed by atoms with E-state index in [0.717, 1.165) is 30.7 Å². The van der Waals surface area contributed by atoms with Gasteiger partial charge < -0.3 is 10.2 Å². The fraction of sp³-hybridized carbons (Fsp3) is 0.467. The van der Waals surface area contributed by atoms with Gasteiger partial charge in [0.05, 0.1) is 12.2 Å². The third kappa shape index (κ3) is 4.62. The first-order valence-corrected chi connectivity index (χ1v) is 7.76. The van der Waals surface area contributed by atoms with Crippen molar-refractivity contribution in [3.05, 3.63) is 28.2 Å². The van der Waals surface area contributed by atoms with E-state index in [1.54, 1.807) is 18.2 Å². The van der Waals surface area contributed by atoms with Gasteiger partial charge in [-0.15, -0.1) is 0 Å². The number of carbonyl (C=O) groups excluding carboxylic acids is 2. The highest BCUT2D eigenvalue weighted by molar-refractivity contribution is 9.10. The number of benzene rings is 1. The Morgan fingerprint density at radius 3 is 2.48 bits per heavy atom. The van der Waals surface area contributed by atoms with E-state index in [0.29, 0.717) is 17.8 Å². The fourth-order valence-corrected chi connectivity index (χ4v) is 2.76. The van der Waals surface area contributed by atoms with Crippen molar-refractivity contribution in [3.63, 3.8) is 0 Å². The number of amides is 1. The van der Waals surface area contributed by atoms with Gasteiger partial charge in [-0.1, -0.05) is 0 Å². The summed E-state index contributed by atoms with van der Waals surface area (Å²) in [6.07, 6.45) is 0. The lowest BCUT2D eigenvalue weighted by Crippen LogP contribution is -2.46. The molecule has 114 valence electrons. The zero-order valence-corrected chi connectivity index (χ0v) is 13.9. The first kappa shape index (κ1) is 16.1. The molecule has 0 saturated carbocycles. The van der Waals surface area contributed by atoms with E-state index in [1.807, 2.05) is 0 Å². The molecule has 1 aromatic rings. The molecule has 1 aromatic carbocycles. The molecule has 0 spiro atoms. The molecule has 1 N–H and O–H groups in total. The third-order valence-corrected chi connectivity index (χ3v) is 4.22. The Kier molecular flexibility index (Phi) is 5.50. The zero-order chi connectivity index (χ0) is 15.4. The van der Waals surface area contributed by atoms with Crippen molar-refractivity contribution in [2.45, 2.75) is 6.92 Å². The molecule has 21 heavy (non-hydrogen) atoms. The molecule has 0 unspecified atom stereocenters. The Hall–Kier alpha value is -1.24. The van der Waals surface area contributed by atoms with Crippen LogP contribution < -0.4 is 5.32 Å². The topological polar surface area (TPSA) is 52.7 Å². The summed E-state index contributed by atoms with van der Waals surface area (Å²) in [5.74, 6) is -0.0261. The number of halogens is 1. The molecule has 1 saturated heterocycles. The van der Waals surface area contributed by atoms with Gasteiger partial charge in [-0.2, -0.15) is 0 Å². The lowest BCUT2D eigenvalue weighted by Gasteiger charge is -2.31. The number of rotatable bonds is 4. The number of anilines is 1. The summed E-state index contributed by atoms with van der Waals surface area (Å²) in [4.78, 5) is 27.8. The van der Waals surface area contributed by atoms with Crippen molar-refractivity contribution in [2.75, 3.05) is 45.1 Å². The summed E-state index contributed by atoms with van der Waals surface area (Å²) in [7, 11) is 2.09. The summed E-state index contributed by atoms with van der Waals surface area (Å²) in [5, 5.41) is 2.71. The van der Waals surface area contributed by atoms with Crippen molar-refractivity contribution in [2.24, 2.45) is 0 Å². The second-order valence-electron chi connectivity index (χ2n) is 5.38. The van der Waals surface area contributed by atoms with Gasteiger partial charge in [-0.25, -0.2) is 0 Å². The first-order valence-electron chi connectivity index (χ1n) is 6.97. The van der Waals surface area contributed by atoms with Gasteiger partial charge >= 0.3 is 0 Å². The summed E-state index contributed by atoms with van der Waals surface area (Å²) in [6, 6.07) is 5.28. The fourth-order valence-electron chi connectivity index (χ4n) is 2.28. The Morgan fingerprint density at radius 1 is 1.24 bits per heavy atom. The molecular formula is C15H20BrN3O2. The molecular weight excluding hydrogens is 334 g/mol. The van der Waals surface area contributed by atoms with Crippen LogP contribution in [0.25, 0.3) is 0 Å². The summed E-state index contributed by atoms with van der Waals surface area (Å²) in [5.41, 5.74) is 1.34. The number of hydrogen-bond donors (Lipinski definition) is 1. The summed E-state index contributed by atoms with van der Waals surface area (Å²) in [6.45, 7) is 5.75. The standard InChI is InChI=1S/C15H20BrN3O2/c1-11(20)17-14-4-3-12(9-13(14)16)15(21)10-19-7-5-18(2)6-8-19/h3-4,9H,5-8,10H2,1-2H3,(H,17,20). The first-order chi connectivity index (χ1) is 9.95. The van der Waals surface area contributed by atoms with Gasteiger partial charge in [-0.05, 0) is 41.2 Å². The van der Waals surface area contributed by atoms with Crippen LogP contribution in [0, 0.1) is 0 Å². The number of nitrogens with zero attached hydrogens (tertiary/aromatic N) is 2. The van der Waals surface area contributed by atoms with Gasteiger partial charge in [0.25, 0.3) is 0 Å². The van der Waals surface area contributed by atoms with E-state index in [-0.39, 0.29) is 11.7 Å². The quantitative estimate of drug-likeness (QED) is 0.839. The van der Waals surface area contributed by atoms with E-state index < -0.39 is 0 Å². The molecule has 0 aromatic heterocycles. The lowest BCUT2D eigenvalue weighted by molar-refractivity contribution is -0.114. The smallest absolute Gasteiger partial charge is 0.221 e. The molecule has 1 amide bonds. The molecule has 1 fully saturated rings. The zero-order valence-electron chi connectivity index (χ0n) is 12.4. The molecule has 0 atom stereocenters. The SMILES string of the molecule is CC(=O)Nc1ccc(C(=O)CN2CCN(C)CC2)cc1Br. The van der Waals surface area contributed by atoms with Crippen LogP contribution >= 0.6 is 15.9 Å². The predicted molar refractivity (Wildman–Crippen MR) is 86.7 cm³/mol. The van der Waals surface area contributed by atoms with Crippen molar-refractivity contribution in [1.29, 1.82) is 0 Å². The summed E-state index contributed by atoms with van der Waals surface area (Å²) >= 11 is 3.39. The average molecular weight is 354 g/mol. The van der Waals surface area contributed by atoms with Crippen LogP contribution in [0.3, 0.4) is 0 Å². The molecule has 5 nitrogen and oxygen atoms in total. The van der Waals surface area contributed by atoms with E-state index in [2.05, 4.69) is 38.1 Å². The van der Waals surface area contributed by atoms with Gasteiger partial charge in [0, 0.05) is 43.1 Å². The number of piperazine rings is 1. The van der Waals surface area contributed by atoms with Gasteiger partial charge in [0.15, 0.2) is 5.78 Å². The molecule has 1 aliphatic rings. The Morgan fingerprint density at radius 2 is 1.90 bits per heavy atom. The maximum absolute atomic E-state index is 12.3. The minimum atomic E-state index is -0.132.